The predicted molar refractivity (Wildman–Crippen MR) is 104 cm³/mol. The van der Waals surface area contributed by atoms with E-state index in [-0.39, 0.29) is 0 Å². The van der Waals surface area contributed by atoms with Gasteiger partial charge in [0.1, 0.15) is 0 Å². The van der Waals surface area contributed by atoms with Crippen LogP contribution in [0.4, 0.5) is 5.95 Å². The van der Waals surface area contributed by atoms with Crippen molar-refractivity contribution in [3.8, 4) is 0 Å². The molecule has 0 spiro atoms. The topological polar surface area (TPSA) is 61.3 Å². The van der Waals surface area contributed by atoms with E-state index in [1.807, 2.05) is 0 Å². The Morgan fingerprint density at radius 3 is 2.50 bits per heavy atom. The number of aromatic nitrogens is 2. The van der Waals surface area contributed by atoms with Crippen LogP contribution in [0.15, 0.2) is 6.20 Å². The molecule has 1 atom stereocenters. The van der Waals surface area contributed by atoms with E-state index in [2.05, 4.69) is 16.4 Å². The highest BCUT2D eigenvalue weighted by Gasteiger charge is 2.27. The molecule has 2 N–H and O–H groups in total. The Bertz CT molecular complexity index is 577. The van der Waals surface area contributed by atoms with E-state index < -0.39 is 0 Å². The number of aliphatic hydroxyl groups excluding tert-OH is 1. The van der Waals surface area contributed by atoms with Crippen LogP contribution >= 0.6 is 0 Å². The average Bonchev–Trinajstić information content (AvgIpc) is 2.96. The molecule has 0 aromatic carbocycles. The smallest absolute Gasteiger partial charge is 0.225 e. The molecule has 1 aliphatic heterocycles. The molecule has 1 aromatic heterocycles. The van der Waals surface area contributed by atoms with E-state index >= 15 is 0 Å². The molecule has 1 unspecified atom stereocenters. The van der Waals surface area contributed by atoms with Crippen molar-refractivity contribution >= 4 is 5.95 Å². The van der Waals surface area contributed by atoms with Gasteiger partial charge in [0, 0.05) is 43.5 Å². The molecular weight excluding hydrogens is 324 g/mol. The molecule has 0 amide bonds. The van der Waals surface area contributed by atoms with E-state index in [4.69, 9.17) is 9.97 Å². The lowest BCUT2D eigenvalue weighted by Crippen LogP contribution is -2.37. The summed E-state index contributed by atoms with van der Waals surface area (Å²) < 4.78 is 0. The normalized spacial score (nSPS) is 25.7. The Balaban J connectivity index is 1.43. The van der Waals surface area contributed by atoms with E-state index in [1.54, 1.807) is 0 Å². The number of aryl methyl sites for hydroxylation is 1. The van der Waals surface area contributed by atoms with Crippen molar-refractivity contribution < 1.29 is 5.11 Å². The summed E-state index contributed by atoms with van der Waals surface area (Å²) in [7, 11) is 0. The van der Waals surface area contributed by atoms with Gasteiger partial charge in [-0.3, -0.25) is 0 Å². The number of anilines is 1. The first-order chi connectivity index (χ1) is 12.8. The summed E-state index contributed by atoms with van der Waals surface area (Å²) in [6.45, 7) is 2.24. The first kappa shape index (κ1) is 18.2. The summed E-state index contributed by atoms with van der Waals surface area (Å²) in [5, 5.41) is 13.3. The Kier molecular flexibility index (Phi) is 6.05. The molecule has 26 heavy (non-hydrogen) atoms. The highest BCUT2D eigenvalue weighted by Crippen LogP contribution is 2.31. The van der Waals surface area contributed by atoms with Gasteiger partial charge in [0.2, 0.25) is 5.95 Å². The van der Waals surface area contributed by atoms with Crippen molar-refractivity contribution in [1.29, 1.82) is 0 Å². The van der Waals surface area contributed by atoms with Crippen molar-refractivity contribution in [3.63, 3.8) is 0 Å². The van der Waals surface area contributed by atoms with Gasteiger partial charge in [0.25, 0.3) is 0 Å². The number of nitrogens with zero attached hydrogens (tertiary/aromatic N) is 3. The molecule has 1 saturated carbocycles. The third-order valence-electron chi connectivity index (χ3n) is 6.62. The lowest BCUT2D eigenvalue weighted by Gasteiger charge is -2.33. The zero-order chi connectivity index (χ0) is 17.8. The summed E-state index contributed by atoms with van der Waals surface area (Å²) in [5.74, 6) is 1.35. The second-order valence-electron chi connectivity index (χ2n) is 8.49. The fourth-order valence-corrected chi connectivity index (χ4v) is 4.91. The fraction of sp³-hybridized carbons (Fsp3) is 0.810. The van der Waals surface area contributed by atoms with E-state index in [1.165, 1.54) is 62.6 Å². The van der Waals surface area contributed by atoms with Gasteiger partial charge in [-0.2, -0.15) is 0 Å². The zero-order valence-electron chi connectivity index (χ0n) is 16.0. The van der Waals surface area contributed by atoms with E-state index in [0.717, 1.165) is 38.3 Å². The molecule has 0 bridgehead atoms. The molecule has 2 fully saturated rings. The maximum absolute atomic E-state index is 9.33. The van der Waals surface area contributed by atoms with Crippen LogP contribution in [0.3, 0.4) is 0 Å². The third-order valence-corrected chi connectivity index (χ3v) is 6.62. The van der Waals surface area contributed by atoms with Crippen LogP contribution in [0.25, 0.3) is 0 Å². The molecule has 4 rings (SSSR count). The molecular formula is C21H34N4O. The fourth-order valence-electron chi connectivity index (χ4n) is 4.91. The van der Waals surface area contributed by atoms with Gasteiger partial charge < -0.3 is 15.3 Å². The quantitative estimate of drug-likeness (QED) is 0.808. The minimum absolute atomic E-state index is 0.313. The number of fused-ring (bicyclic) bond motifs is 1. The molecule has 5 heteroatoms. The first-order valence-electron chi connectivity index (χ1n) is 10.8. The lowest BCUT2D eigenvalue weighted by atomic mass is 9.91. The summed E-state index contributed by atoms with van der Waals surface area (Å²) in [4.78, 5) is 12.0. The summed E-state index contributed by atoms with van der Waals surface area (Å²) in [6.07, 6.45) is 15.9. The van der Waals surface area contributed by atoms with Gasteiger partial charge in [-0.1, -0.05) is 25.7 Å². The van der Waals surface area contributed by atoms with E-state index in [9.17, 15) is 5.11 Å². The van der Waals surface area contributed by atoms with E-state index in [0.29, 0.717) is 24.6 Å². The number of aliphatic hydroxyl groups is 1. The lowest BCUT2D eigenvalue weighted by molar-refractivity contribution is 0.202. The van der Waals surface area contributed by atoms with Crippen LogP contribution in [-0.4, -0.2) is 40.8 Å². The van der Waals surface area contributed by atoms with Crippen LogP contribution in [-0.2, 0) is 6.42 Å². The summed E-state index contributed by atoms with van der Waals surface area (Å²) >= 11 is 0. The molecule has 5 nitrogen and oxygen atoms in total. The minimum atomic E-state index is 0.313. The molecule has 0 radical (unpaired) electrons. The molecule has 1 saturated heterocycles. The molecule has 2 heterocycles. The number of hydrogen-bond donors (Lipinski definition) is 2. The number of hydrogen-bond acceptors (Lipinski definition) is 5. The summed E-state index contributed by atoms with van der Waals surface area (Å²) in [6, 6.07) is 1.11. The predicted octanol–water partition coefficient (Wildman–Crippen LogP) is 3.38. The maximum atomic E-state index is 9.33. The van der Waals surface area contributed by atoms with Crippen molar-refractivity contribution in [2.75, 3.05) is 24.6 Å². The van der Waals surface area contributed by atoms with Crippen molar-refractivity contribution in [2.45, 2.75) is 82.7 Å². The Hall–Kier alpha value is -1.20. The SMILES string of the molecule is OCC1CCN(c2ncc3c(n2)CCCC3NC2CCCCCC2)CC1. The number of piperidine rings is 1. The molecule has 1 aromatic rings. The highest BCUT2D eigenvalue weighted by atomic mass is 16.3. The van der Waals surface area contributed by atoms with Gasteiger partial charge in [-0.15, -0.1) is 0 Å². The van der Waals surface area contributed by atoms with Gasteiger partial charge in [0.15, 0.2) is 0 Å². The maximum Gasteiger partial charge on any atom is 0.225 e. The minimum Gasteiger partial charge on any atom is -0.396 e. The van der Waals surface area contributed by atoms with Gasteiger partial charge in [0.05, 0.1) is 5.69 Å². The van der Waals surface area contributed by atoms with Crippen LogP contribution in [0.2, 0.25) is 0 Å². The van der Waals surface area contributed by atoms with Crippen LogP contribution in [0.5, 0.6) is 0 Å². The van der Waals surface area contributed by atoms with Gasteiger partial charge in [-0.05, 0) is 50.9 Å². The largest absolute Gasteiger partial charge is 0.396 e. The first-order valence-corrected chi connectivity index (χ1v) is 10.8. The van der Waals surface area contributed by atoms with Gasteiger partial charge >= 0.3 is 0 Å². The van der Waals surface area contributed by atoms with Crippen molar-refractivity contribution in [1.82, 2.24) is 15.3 Å². The van der Waals surface area contributed by atoms with Crippen LogP contribution < -0.4 is 10.2 Å². The third kappa shape index (κ3) is 4.20. The van der Waals surface area contributed by atoms with Crippen molar-refractivity contribution in [3.05, 3.63) is 17.5 Å². The molecule has 2 aliphatic carbocycles. The Labute approximate surface area is 157 Å². The zero-order valence-corrected chi connectivity index (χ0v) is 16.0. The number of nitrogens with one attached hydrogen (secondary N) is 1. The standard InChI is InChI=1S/C21H34N4O/c26-15-16-10-12-25(13-11-16)21-22-14-18-19(8-5-9-20(18)24-21)23-17-6-3-1-2-4-7-17/h14,16-17,19,23,26H,1-13,15H2. The second-order valence-corrected chi connectivity index (χ2v) is 8.49. The molecule has 3 aliphatic rings. The van der Waals surface area contributed by atoms with Crippen LogP contribution in [0, 0.1) is 5.92 Å². The average molecular weight is 359 g/mol. The monoisotopic (exact) mass is 358 g/mol. The second kappa shape index (κ2) is 8.66. The van der Waals surface area contributed by atoms with Crippen molar-refractivity contribution in [2.24, 2.45) is 5.92 Å². The Morgan fingerprint density at radius 2 is 1.77 bits per heavy atom. The van der Waals surface area contributed by atoms with Gasteiger partial charge in [-0.25, -0.2) is 9.97 Å². The highest BCUT2D eigenvalue weighted by molar-refractivity contribution is 5.36. The molecule has 144 valence electrons. The summed E-state index contributed by atoms with van der Waals surface area (Å²) in [5.41, 5.74) is 2.60. The number of rotatable bonds is 4. The van der Waals surface area contributed by atoms with Crippen LogP contribution in [0.1, 0.15) is 81.5 Å². The Morgan fingerprint density at radius 1 is 1.00 bits per heavy atom.